The normalized spacial score (nSPS) is 14.4. The molecule has 0 saturated carbocycles. The van der Waals surface area contributed by atoms with E-state index in [1.165, 1.54) is 6.07 Å². The number of carbonyl (C=O) groups is 5. The number of fused-ring (bicyclic) bond motifs is 2. The van der Waals surface area contributed by atoms with E-state index in [0.717, 1.165) is 43.9 Å². The Morgan fingerprint density at radius 3 is 2.49 bits per heavy atom. The van der Waals surface area contributed by atoms with Crippen molar-refractivity contribution in [1.29, 1.82) is 0 Å². The van der Waals surface area contributed by atoms with Crippen molar-refractivity contribution >= 4 is 57.3 Å². The topological polar surface area (TPSA) is 188 Å². The van der Waals surface area contributed by atoms with E-state index >= 15 is 0 Å². The van der Waals surface area contributed by atoms with Crippen molar-refractivity contribution in [2.45, 2.75) is 38.6 Å². The third-order valence-electron chi connectivity index (χ3n) is 9.50. The average Bonchev–Trinajstić information content (AvgIpc) is 3.63. The van der Waals surface area contributed by atoms with Crippen LogP contribution in [-0.4, -0.2) is 69.1 Å². The summed E-state index contributed by atoms with van der Waals surface area (Å²) in [6, 6.07) is 19.9. The molecule has 0 radical (unpaired) electrons. The summed E-state index contributed by atoms with van der Waals surface area (Å²) >= 11 is 0. The Bertz CT molecular complexity index is 2520. The van der Waals surface area contributed by atoms with Gasteiger partial charge in [0.1, 0.15) is 17.4 Å². The molecule has 0 aliphatic carbocycles. The van der Waals surface area contributed by atoms with Crippen molar-refractivity contribution in [1.82, 2.24) is 41.2 Å². The van der Waals surface area contributed by atoms with Gasteiger partial charge in [-0.15, -0.1) is 0 Å². The molecule has 1 aliphatic heterocycles. The number of imide groups is 1. The highest BCUT2D eigenvalue weighted by Crippen LogP contribution is 2.36. The van der Waals surface area contributed by atoms with Crippen LogP contribution in [0.25, 0.3) is 50.1 Å². The van der Waals surface area contributed by atoms with Gasteiger partial charge in [0, 0.05) is 60.5 Å². The summed E-state index contributed by atoms with van der Waals surface area (Å²) in [5.41, 5.74) is 6.97. The van der Waals surface area contributed by atoms with Crippen LogP contribution in [0.15, 0.2) is 91.4 Å². The molecule has 1 fully saturated rings. The lowest BCUT2D eigenvalue weighted by Crippen LogP contribution is -2.52. The van der Waals surface area contributed by atoms with Crippen LogP contribution in [-0.2, 0) is 9.59 Å². The van der Waals surface area contributed by atoms with Crippen molar-refractivity contribution in [3.05, 3.63) is 120 Å². The Hall–Kier alpha value is -7.02. The smallest absolute Gasteiger partial charge is 0.270 e. The number of carbonyl (C=O) groups excluding carboxylic acids is 5. The third-order valence-corrected chi connectivity index (χ3v) is 9.50. The molecule has 1 saturated heterocycles. The second-order valence-electron chi connectivity index (χ2n) is 13.5. The number of benzene rings is 2. The number of nitrogens with one attached hydrogen (secondary N) is 5. The van der Waals surface area contributed by atoms with Crippen molar-refractivity contribution in [2.75, 3.05) is 13.6 Å². The van der Waals surface area contributed by atoms with Gasteiger partial charge in [0.15, 0.2) is 0 Å². The minimum atomic E-state index is -0.801. The zero-order valence-electron chi connectivity index (χ0n) is 30.4. The summed E-state index contributed by atoms with van der Waals surface area (Å²) in [5.74, 6) is -1.71. The van der Waals surface area contributed by atoms with Crippen molar-refractivity contribution in [2.24, 2.45) is 0 Å². The van der Waals surface area contributed by atoms with Crippen molar-refractivity contribution in [3.8, 4) is 22.4 Å². The van der Waals surface area contributed by atoms with E-state index in [0.29, 0.717) is 17.0 Å². The van der Waals surface area contributed by atoms with Crippen LogP contribution in [0.3, 0.4) is 0 Å². The van der Waals surface area contributed by atoms with Gasteiger partial charge in [0.25, 0.3) is 17.7 Å². The minimum Gasteiger partial charge on any atom is -0.360 e. The van der Waals surface area contributed by atoms with Gasteiger partial charge in [-0.3, -0.25) is 39.3 Å². The molecule has 5 heterocycles. The van der Waals surface area contributed by atoms with Crippen LogP contribution < -0.4 is 21.3 Å². The van der Waals surface area contributed by atoms with E-state index in [-0.39, 0.29) is 54.4 Å². The highest BCUT2D eigenvalue weighted by atomic mass is 16.2. The number of aromatic nitrogens is 4. The maximum Gasteiger partial charge on any atom is 0.270 e. The van der Waals surface area contributed by atoms with Crippen LogP contribution in [0, 0.1) is 0 Å². The first-order valence-electron chi connectivity index (χ1n) is 17.9. The molecule has 1 unspecified atom stereocenters. The van der Waals surface area contributed by atoms with E-state index < -0.39 is 17.9 Å². The SMILES string of the molecule is CNC(=O)c1c[nH]c2c(C(C)C)cc(-c3cccc4cc(-c5ccc(C(=O)NC/C=C/c6cccc(C(=O)NC7CCC(=O)NC7=O)n6)nc5)ncc34)cc12. The number of H-pyrrole nitrogens is 1. The van der Waals surface area contributed by atoms with Crippen molar-refractivity contribution < 1.29 is 24.0 Å². The summed E-state index contributed by atoms with van der Waals surface area (Å²) in [7, 11) is 1.63. The standard InChI is InChI=1S/C42H38N8O5/c1-23(2)29-17-26(18-30-32(39(52)43-3)22-47-38(29)30)28-10-4-7-24-19-36(46-21-31(24)28)25-12-13-33(45-20-25)40(53)44-16-6-9-27-8-5-11-34(48-27)41(54)49-35-14-15-37(51)50-42(35)55/h4-13,17-23,35,47H,14-16H2,1-3H3,(H,43,52)(H,44,53)(H,49,54)(H,50,51,55)/b9-6+. The maximum absolute atomic E-state index is 12.9. The molecule has 7 rings (SSSR count). The van der Waals surface area contributed by atoms with Gasteiger partial charge < -0.3 is 20.9 Å². The molecular weight excluding hydrogens is 697 g/mol. The molecular formula is C42H38N8O5. The zero-order valence-corrected chi connectivity index (χ0v) is 30.4. The monoisotopic (exact) mass is 734 g/mol. The number of nitrogens with zero attached hydrogens (tertiary/aromatic N) is 3. The average molecular weight is 735 g/mol. The second-order valence-corrected chi connectivity index (χ2v) is 13.5. The molecule has 2 aromatic carbocycles. The molecule has 1 aliphatic rings. The molecule has 6 aromatic rings. The van der Waals surface area contributed by atoms with Crippen LogP contribution in [0.5, 0.6) is 0 Å². The summed E-state index contributed by atoms with van der Waals surface area (Å²) in [6.07, 6.45) is 8.97. The molecule has 5 amide bonds. The van der Waals surface area contributed by atoms with Gasteiger partial charge in [0.05, 0.1) is 17.0 Å². The van der Waals surface area contributed by atoms with Gasteiger partial charge in [-0.2, -0.15) is 0 Å². The number of pyridine rings is 3. The number of aromatic amines is 1. The molecule has 1 atom stereocenters. The number of amides is 5. The predicted octanol–water partition coefficient (Wildman–Crippen LogP) is 5.30. The van der Waals surface area contributed by atoms with Crippen LogP contribution in [0.1, 0.15) is 75.2 Å². The number of hydrogen-bond acceptors (Lipinski definition) is 8. The highest BCUT2D eigenvalue weighted by Gasteiger charge is 2.28. The number of piperidine rings is 1. The molecule has 276 valence electrons. The fourth-order valence-electron chi connectivity index (χ4n) is 6.61. The molecule has 4 aromatic heterocycles. The lowest BCUT2D eigenvalue weighted by molar-refractivity contribution is -0.134. The van der Waals surface area contributed by atoms with Gasteiger partial charge in [-0.1, -0.05) is 44.2 Å². The minimum absolute atomic E-state index is 0.119. The van der Waals surface area contributed by atoms with Gasteiger partial charge >= 0.3 is 0 Å². The van der Waals surface area contributed by atoms with Gasteiger partial charge in [-0.25, -0.2) is 4.98 Å². The highest BCUT2D eigenvalue weighted by molar-refractivity contribution is 6.09. The summed E-state index contributed by atoms with van der Waals surface area (Å²) in [6.45, 7) is 4.46. The van der Waals surface area contributed by atoms with Gasteiger partial charge in [-0.05, 0) is 83.0 Å². The predicted molar refractivity (Wildman–Crippen MR) is 209 cm³/mol. The first kappa shape index (κ1) is 36.3. The molecule has 13 heteroatoms. The molecule has 55 heavy (non-hydrogen) atoms. The Kier molecular flexibility index (Phi) is 10.3. The van der Waals surface area contributed by atoms with Gasteiger partial charge in [0.2, 0.25) is 11.8 Å². The van der Waals surface area contributed by atoms with Crippen LogP contribution >= 0.6 is 0 Å². The lowest BCUT2D eigenvalue weighted by atomic mass is 9.91. The Morgan fingerprint density at radius 1 is 0.891 bits per heavy atom. The maximum atomic E-state index is 12.9. The van der Waals surface area contributed by atoms with Crippen molar-refractivity contribution in [3.63, 3.8) is 0 Å². The summed E-state index contributed by atoms with van der Waals surface area (Å²) in [5, 5.41) is 13.2. The van der Waals surface area contributed by atoms with Crippen LogP contribution in [0.2, 0.25) is 0 Å². The molecule has 5 N–H and O–H groups in total. The Balaban J connectivity index is 1.01. The summed E-state index contributed by atoms with van der Waals surface area (Å²) < 4.78 is 0. The first-order chi connectivity index (χ1) is 26.6. The van der Waals surface area contributed by atoms with E-state index in [4.69, 9.17) is 4.98 Å². The third kappa shape index (κ3) is 7.72. The van der Waals surface area contributed by atoms with E-state index in [1.807, 2.05) is 24.4 Å². The van der Waals surface area contributed by atoms with E-state index in [2.05, 4.69) is 68.3 Å². The fraction of sp³-hybridized carbons (Fsp3) is 0.190. The lowest BCUT2D eigenvalue weighted by Gasteiger charge is -2.21. The number of hydrogen-bond donors (Lipinski definition) is 5. The zero-order chi connectivity index (χ0) is 38.6. The van der Waals surface area contributed by atoms with Crippen LogP contribution in [0.4, 0.5) is 0 Å². The second kappa shape index (κ2) is 15.5. The Labute approximate surface area is 316 Å². The van der Waals surface area contributed by atoms with E-state index in [1.54, 1.807) is 55.9 Å². The molecule has 0 bridgehead atoms. The molecule has 0 spiro atoms. The fourth-order valence-corrected chi connectivity index (χ4v) is 6.61. The number of rotatable bonds is 10. The van der Waals surface area contributed by atoms with E-state index in [9.17, 15) is 24.0 Å². The largest absolute Gasteiger partial charge is 0.360 e. The first-order valence-corrected chi connectivity index (χ1v) is 17.9. The Morgan fingerprint density at radius 2 is 1.73 bits per heavy atom. The molecule has 13 nitrogen and oxygen atoms in total. The quantitative estimate of drug-likeness (QED) is 0.117. The summed E-state index contributed by atoms with van der Waals surface area (Å²) in [4.78, 5) is 78.3.